The number of nitrogens with two attached hydrogens (primary N) is 1. The van der Waals surface area contributed by atoms with Gasteiger partial charge in [-0.05, 0) is 24.3 Å². The minimum Gasteiger partial charge on any atom is -0.397 e. The first-order chi connectivity index (χ1) is 9.52. The van der Waals surface area contributed by atoms with Gasteiger partial charge in [-0.15, -0.1) is 17.9 Å². The summed E-state index contributed by atoms with van der Waals surface area (Å²) >= 11 is 1.48. The Morgan fingerprint density at radius 2 is 2.35 bits per heavy atom. The van der Waals surface area contributed by atoms with Crippen LogP contribution in [0.1, 0.15) is 29.9 Å². The maximum absolute atomic E-state index is 12.0. The summed E-state index contributed by atoms with van der Waals surface area (Å²) in [7, 11) is 0. The number of nitrogens with zero attached hydrogens (tertiary/aromatic N) is 1. The lowest BCUT2D eigenvalue weighted by Crippen LogP contribution is -2.37. The fourth-order valence-corrected chi connectivity index (χ4v) is 3.46. The number of anilines is 2. The molecule has 0 aromatic carbocycles. The summed E-state index contributed by atoms with van der Waals surface area (Å²) < 4.78 is 0. The summed E-state index contributed by atoms with van der Waals surface area (Å²) in [5, 5.41) is 3.88. The van der Waals surface area contributed by atoms with E-state index >= 15 is 0 Å². The first-order valence-corrected chi connectivity index (χ1v) is 7.88. The zero-order chi connectivity index (χ0) is 14.7. The van der Waals surface area contributed by atoms with Gasteiger partial charge in [0.1, 0.15) is 4.88 Å². The van der Waals surface area contributed by atoms with Crippen LogP contribution < -0.4 is 16.0 Å². The Morgan fingerprint density at radius 1 is 1.60 bits per heavy atom. The number of rotatable bonds is 4. The maximum Gasteiger partial charge on any atom is 0.263 e. The standard InChI is InChI=1S/C15H23N3OS/c1-4-6-17-15(19)14-12(16)8-13(20-14)18-7-5-10(2)11(3)9-18/h4,8,10-11H,1,5-7,9,16H2,2-3H3,(H,17,19). The minimum absolute atomic E-state index is 0.114. The molecular formula is C15H23N3OS. The Morgan fingerprint density at radius 3 is 3.00 bits per heavy atom. The third-order valence-corrected chi connectivity index (χ3v) is 5.22. The van der Waals surface area contributed by atoms with Crippen molar-refractivity contribution >= 4 is 27.9 Å². The van der Waals surface area contributed by atoms with E-state index in [1.54, 1.807) is 6.08 Å². The van der Waals surface area contributed by atoms with E-state index in [0.29, 0.717) is 23.0 Å². The van der Waals surface area contributed by atoms with Crippen molar-refractivity contribution < 1.29 is 4.79 Å². The van der Waals surface area contributed by atoms with Crippen molar-refractivity contribution in [3.8, 4) is 0 Å². The molecule has 1 fully saturated rings. The molecule has 1 aliphatic heterocycles. The Kier molecular flexibility index (Phi) is 4.70. The summed E-state index contributed by atoms with van der Waals surface area (Å²) in [6, 6.07) is 1.93. The molecular weight excluding hydrogens is 270 g/mol. The SMILES string of the molecule is C=CCNC(=O)c1sc(N2CCC(C)C(C)C2)cc1N. The number of piperidine rings is 1. The average Bonchev–Trinajstić information content (AvgIpc) is 2.81. The molecule has 2 heterocycles. The zero-order valence-corrected chi connectivity index (χ0v) is 13.0. The van der Waals surface area contributed by atoms with Gasteiger partial charge in [-0.2, -0.15) is 0 Å². The van der Waals surface area contributed by atoms with E-state index in [9.17, 15) is 4.79 Å². The van der Waals surface area contributed by atoms with Crippen molar-refractivity contribution in [2.45, 2.75) is 20.3 Å². The molecule has 0 saturated carbocycles. The first kappa shape index (κ1) is 14.9. The molecule has 1 amide bonds. The van der Waals surface area contributed by atoms with E-state index in [4.69, 9.17) is 5.73 Å². The largest absolute Gasteiger partial charge is 0.397 e. The number of thiophene rings is 1. The lowest BCUT2D eigenvalue weighted by Gasteiger charge is -2.35. The molecule has 1 saturated heterocycles. The lowest BCUT2D eigenvalue weighted by molar-refractivity contribution is 0.0963. The average molecular weight is 293 g/mol. The summed E-state index contributed by atoms with van der Waals surface area (Å²) in [4.78, 5) is 14.9. The Hall–Kier alpha value is -1.49. The van der Waals surface area contributed by atoms with E-state index in [1.165, 1.54) is 17.8 Å². The van der Waals surface area contributed by atoms with Crippen LogP contribution in [0.5, 0.6) is 0 Å². The van der Waals surface area contributed by atoms with Crippen LogP contribution in [0.25, 0.3) is 0 Å². The number of nitrogens with one attached hydrogen (secondary N) is 1. The van der Waals surface area contributed by atoms with Gasteiger partial charge in [0.05, 0.1) is 10.7 Å². The second-order valence-corrected chi connectivity index (χ2v) is 6.59. The van der Waals surface area contributed by atoms with Crippen LogP contribution in [0.4, 0.5) is 10.7 Å². The topological polar surface area (TPSA) is 58.4 Å². The summed E-state index contributed by atoms with van der Waals surface area (Å²) in [5.41, 5.74) is 6.55. The van der Waals surface area contributed by atoms with Crippen molar-refractivity contribution in [1.29, 1.82) is 0 Å². The van der Waals surface area contributed by atoms with Gasteiger partial charge in [-0.1, -0.05) is 19.9 Å². The highest BCUT2D eigenvalue weighted by Crippen LogP contribution is 2.35. The van der Waals surface area contributed by atoms with Gasteiger partial charge in [0, 0.05) is 19.6 Å². The van der Waals surface area contributed by atoms with Crippen LogP contribution >= 0.6 is 11.3 Å². The number of amides is 1. The van der Waals surface area contributed by atoms with E-state index in [0.717, 1.165) is 24.0 Å². The van der Waals surface area contributed by atoms with Crippen molar-refractivity contribution in [2.75, 3.05) is 30.3 Å². The molecule has 0 aliphatic carbocycles. The molecule has 1 aromatic heterocycles. The molecule has 2 unspecified atom stereocenters. The lowest BCUT2D eigenvalue weighted by atomic mass is 9.89. The number of nitrogen functional groups attached to an aromatic ring is 1. The quantitative estimate of drug-likeness (QED) is 0.839. The first-order valence-electron chi connectivity index (χ1n) is 7.06. The Balaban J connectivity index is 2.10. The van der Waals surface area contributed by atoms with Crippen LogP contribution in [-0.2, 0) is 0 Å². The molecule has 0 bridgehead atoms. The Labute approximate surface area is 124 Å². The van der Waals surface area contributed by atoms with Crippen molar-refractivity contribution in [3.63, 3.8) is 0 Å². The van der Waals surface area contributed by atoms with Gasteiger partial charge in [0.2, 0.25) is 0 Å². The second kappa shape index (κ2) is 6.31. The molecule has 3 N–H and O–H groups in total. The fraction of sp³-hybridized carbons (Fsp3) is 0.533. The molecule has 0 spiro atoms. The highest BCUT2D eigenvalue weighted by atomic mass is 32.1. The predicted octanol–water partition coefficient (Wildman–Crippen LogP) is 2.73. The molecule has 1 aliphatic rings. The van der Waals surface area contributed by atoms with Gasteiger partial charge in [-0.3, -0.25) is 4.79 Å². The van der Waals surface area contributed by atoms with Crippen molar-refractivity contribution in [1.82, 2.24) is 5.32 Å². The summed E-state index contributed by atoms with van der Waals surface area (Å²) in [6.07, 6.45) is 2.85. The fourth-order valence-electron chi connectivity index (χ4n) is 2.43. The van der Waals surface area contributed by atoms with Crippen LogP contribution in [0.3, 0.4) is 0 Å². The molecule has 2 rings (SSSR count). The molecule has 4 nitrogen and oxygen atoms in total. The smallest absolute Gasteiger partial charge is 0.263 e. The van der Waals surface area contributed by atoms with Gasteiger partial charge in [-0.25, -0.2) is 0 Å². The van der Waals surface area contributed by atoms with Crippen LogP contribution in [0.15, 0.2) is 18.7 Å². The van der Waals surface area contributed by atoms with Crippen LogP contribution in [0, 0.1) is 11.8 Å². The van der Waals surface area contributed by atoms with Crippen LogP contribution in [0.2, 0.25) is 0 Å². The van der Waals surface area contributed by atoms with Crippen LogP contribution in [-0.4, -0.2) is 25.5 Å². The van der Waals surface area contributed by atoms with E-state index in [-0.39, 0.29) is 5.91 Å². The summed E-state index contributed by atoms with van der Waals surface area (Å²) in [5.74, 6) is 1.32. The predicted molar refractivity (Wildman–Crippen MR) is 86.4 cm³/mol. The van der Waals surface area contributed by atoms with E-state index in [2.05, 4.69) is 30.6 Å². The maximum atomic E-state index is 12.0. The zero-order valence-electron chi connectivity index (χ0n) is 12.2. The Bertz CT molecular complexity index is 497. The van der Waals surface area contributed by atoms with E-state index < -0.39 is 0 Å². The highest BCUT2D eigenvalue weighted by Gasteiger charge is 2.25. The minimum atomic E-state index is -0.114. The number of carbonyl (C=O) groups is 1. The number of hydrogen-bond acceptors (Lipinski definition) is 4. The highest BCUT2D eigenvalue weighted by molar-refractivity contribution is 7.18. The number of hydrogen-bond donors (Lipinski definition) is 2. The molecule has 110 valence electrons. The molecule has 1 aromatic rings. The van der Waals surface area contributed by atoms with Gasteiger partial charge < -0.3 is 16.0 Å². The van der Waals surface area contributed by atoms with Crippen molar-refractivity contribution in [3.05, 3.63) is 23.6 Å². The van der Waals surface area contributed by atoms with E-state index in [1.807, 2.05) is 6.07 Å². The number of carbonyl (C=O) groups excluding carboxylic acids is 1. The molecule has 5 heteroatoms. The monoisotopic (exact) mass is 293 g/mol. The molecule has 0 radical (unpaired) electrons. The summed E-state index contributed by atoms with van der Waals surface area (Å²) in [6.45, 7) is 10.7. The van der Waals surface area contributed by atoms with Crippen molar-refractivity contribution in [2.24, 2.45) is 11.8 Å². The normalized spacial score (nSPS) is 22.6. The molecule has 2 atom stereocenters. The van der Waals surface area contributed by atoms with Gasteiger partial charge in [0.15, 0.2) is 0 Å². The van der Waals surface area contributed by atoms with Gasteiger partial charge >= 0.3 is 0 Å². The third kappa shape index (κ3) is 3.15. The third-order valence-electron chi connectivity index (χ3n) is 4.01. The van der Waals surface area contributed by atoms with Gasteiger partial charge in [0.25, 0.3) is 5.91 Å². The molecule has 20 heavy (non-hydrogen) atoms. The second-order valence-electron chi connectivity index (χ2n) is 5.56.